The minimum atomic E-state index is 0.0799. The fourth-order valence-corrected chi connectivity index (χ4v) is 4.26. The van der Waals surface area contributed by atoms with E-state index in [9.17, 15) is 4.79 Å². The van der Waals surface area contributed by atoms with Crippen LogP contribution in [0.15, 0.2) is 66.7 Å². The highest BCUT2D eigenvalue weighted by molar-refractivity contribution is 6.09. The Kier molecular flexibility index (Phi) is 4.05. The molecule has 1 saturated heterocycles. The molecule has 2 heterocycles. The average Bonchev–Trinajstić information content (AvgIpc) is 3.41. The second-order valence-corrected chi connectivity index (χ2v) is 7.44. The molecule has 3 aromatic carbocycles. The lowest BCUT2D eigenvalue weighted by atomic mass is 9.98. The van der Waals surface area contributed by atoms with Crippen molar-refractivity contribution in [1.82, 2.24) is 9.88 Å². The largest absolute Gasteiger partial charge is 0.497 e. The number of fused-ring (bicyclic) bond motifs is 3. The molecule has 0 bridgehead atoms. The first kappa shape index (κ1) is 16.9. The maximum Gasteiger partial charge on any atom is 0.270 e. The Hall–Kier alpha value is -3.27. The van der Waals surface area contributed by atoms with Gasteiger partial charge in [0.1, 0.15) is 11.4 Å². The molecule has 5 rings (SSSR count). The number of nitrogens with one attached hydrogen (secondary N) is 1. The van der Waals surface area contributed by atoms with Crippen LogP contribution in [-0.2, 0) is 0 Å². The number of methoxy groups -OCH3 is 1. The van der Waals surface area contributed by atoms with Crippen LogP contribution in [-0.4, -0.2) is 36.0 Å². The Balaban J connectivity index is 1.39. The molecule has 1 aliphatic heterocycles. The van der Waals surface area contributed by atoms with Gasteiger partial charge in [-0.1, -0.05) is 42.5 Å². The molecule has 4 heteroatoms. The number of aromatic amines is 1. The van der Waals surface area contributed by atoms with Gasteiger partial charge in [-0.3, -0.25) is 4.79 Å². The van der Waals surface area contributed by atoms with Crippen molar-refractivity contribution < 1.29 is 9.53 Å². The van der Waals surface area contributed by atoms with E-state index in [0.29, 0.717) is 11.6 Å². The van der Waals surface area contributed by atoms with Crippen molar-refractivity contribution in [2.75, 3.05) is 20.2 Å². The molecule has 1 aliphatic rings. The summed E-state index contributed by atoms with van der Waals surface area (Å²) in [6, 6.07) is 22.6. The lowest BCUT2D eigenvalue weighted by Crippen LogP contribution is -2.28. The molecule has 4 nitrogen and oxygen atoms in total. The number of carbonyl (C=O) groups is 1. The SMILES string of the molecule is COc1ccc(C2CCN(C(=O)c3cc4c(ccc5ccccc54)[nH]3)C2)cc1. The number of likely N-dealkylation sites (tertiary alicyclic amines) is 1. The molecule has 4 aromatic rings. The zero-order valence-electron chi connectivity index (χ0n) is 15.8. The van der Waals surface area contributed by atoms with E-state index in [0.717, 1.165) is 36.2 Å². The number of aromatic nitrogens is 1. The molecule has 140 valence electrons. The van der Waals surface area contributed by atoms with Gasteiger partial charge in [-0.05, 0) is 47.0 Å². The number of hydrogen-bond donors (Lipinski definition) is 1. The second-order valence-electron chi connectivity index (χ2n) is 7.44. The van der Waals surface area contributed by atoms with Gasteiger partial charge in [-0.25, -0.2) is 0 Å². The van der Waals surface area contributed by atoms with E-state index in [1.165, 1.54) is 16.3 Å². The van der Waals surface area contributed by atoms with Gasteiger partial charge in [-0.2, -0.15) is 0 Å². The van der Waals surface area contributed by atoms with Crippen molar-refractivity contribution in [2.45, 2.75) is 12.3 Å². The highest BCUT2D eigenvalue weighted by atomic mass is 16.5. The molecular formula is C24H22N2O2. The number of nitrogens with zero attached hydrogens (tertiary/aromatic N) is 1. The lowest BCUT2D eigenvalue weighted by molar-refractivity contribution is 0.0786. The van der Waals surface area contributed by atoms with Gasteiger partial charge in [0.05, 0.1) is 7.11 Å². The highest BCUT2D eigenvalue weighted by Crippen LogP contribution is 2.31. The van der Waals surface area contributed by atoms with Crippen LogP contribution in [0, 0.1) is 0 Å². The Bertz CT molecular complexity index is 1160. The molecule has 1 amide bonds. The van der Waals surface area contributed by atoms with Gasteiger partial charge in [0.2, 0.25) is 0 Å². The molecule has 1 aromatic heterocycles. The minimum absolute atomic E-state index is 0.0799. The van der Waals surface area contributed by atoms with Crippen LogP contribution < -0.4 is 4.74 Å². The molecule has 1 atom stereocenters. The van der Waals surface area contributed by atoms with Crippen LogP contribution in [0.2, 0.25) is 0 Å². The third-order valence-electron chi connectivity index (χ3n) is 5.82. The quantitative estimate of drug-likeness (QED) is 0.554. The van der Waals surface area contributed by atoms with Crippen molar-refractivity contribution >= 4 is 27.6 Å². The van der Waals surface area contributed by atoms with E-state index in [2.05, 4.69) is 41.4 Å². The van der Waals surface area contributed by atoms with E-state index in [4.69, 9.17) is 4.74 Å². The minimum Gasteiger partial charge on any atom is -0.497 e. The van der Waals surface area contributed by atoms with Crippen molar-refractivity contribution in [2.24, 2.45) is 0 Å². The maximum absolute atomic E-state index is 13.1. The Morgan fingerprint density at radius 2 is 1.86 bits per heavy atom. The second kappa shape index (κ2) is 6.71. The highest BCUT2D eigenvalue weighted by Gasteiger charge is 2.28. The topological polar surface area (TPSA) is 45.3 Å². The van der Waals surface area contributed by atoms with Crippen LogP contribution in [0.25, 0.3) is 21.7 Å². The van der Waals surface area contributed by atoms with E-state index >= 15 is 0 Å². The molecular weight excluding hydrogens is 348 g/mol. The van der Waals surface area contributed by atoms with Gasteiger partial charge in [-0.15, -0.1) is 0 Å². The maximum atomic E-state index is 13.1. The summed E-state index contributed by atoms with van der Waals surface area (Å²) in [6.07, 6.45) is 0.987. The Morgan fingerprint density at radius 3 is 2.68 bits per heavy atom. The zero-order chi connectivity index (χ0) is 19.1. The van der Waals surface area contributed by atoms with E-state index in [1.54, 1.807) is 7.11 Å². The summed E-state index contributed by atoms with van der Waals surface area (Å²) in [5, 5.41) is 3.47. The van der Waals surface area contributed by atoms with Crippen LogP contribution >= 0.6 is 0 Å². The summed E-state index contributed by atoms with van der Waals surface area (Å²) in [5.74, 6) is 1.32. The van der Waals surface area contributed by atoms with Gasteiger partial charge >= 0.3 is 0 Å². The van der Waals surface area contributed by atoms with Gasteiger partial charge in [0, 0.05) is 29.9 Å². The van der Waals surface area contributed by atoms with E-state index < -0.39 is 0 Å². The molecule has 0 aliphatic carbocycles. The molecule has 1 N–H and O–H groups in total. The summed E-state index contributed by atoms with van der Waals surface area (Å²) in [6.45, 7) is 1.53. The summed E-state index contributed by atoms with van der Waals surface area (Å²) >= 11 is 0. The predicted octanol–water partition coefficient (Wildman–Crippen LogP) is 4.96. The van der Waals surface area contributed by atoms with Gasteiger partial charge in [0.15, 0.2) is 0 Å². The lowest BCUT2D eigenvalue weighted by Gasteiger charge is -2.16. The number of benzene rings is 3. The van der Waals surface area contributed by atoms with Crippen LogP contribution in [0.3, 0.4) is 0 Å². The summed E-state index contributed by atoms with van der Waals surface area (Å²) < 4.78 is 5.24. The first-order chi connectivity index (χ1) is 13.7. The summed E-state index contributed by atoms with van der Waals surface area (Å²) in [7, 11) is 1.68. The third-order valence-corrected chi connectivity index (χ3v) is 5.82. The number of rotatable bonds is 3. The van der Waals surface area contributed by atoms with Crippen molar-refractivity contribution in [3.05, 3.63) is 78.0 Å². The van der Waals surface area contributed by atoms with Gasteiger partial charge in [0.25, 0.3) is 5.91 Å². The van der Waals surface area contributed by atoms with Crippen molar-refractivity contribution in [3.63, 3.8) is 0 Å². The fraction of sp³-hybridized carbons (Fsp3) is 0.208. The average molecular weight is 370 g/mol. The predicted molar refractivity (Wildman–Crippen MR) is 112 cm³/mol. The van der Waals surface area contributed by atoms with Gasteiger partial charge < -0.3 is 14.6 Å². The van der Waals surface area contributed by atoms with Crippen LogP contribution in [0.1, 0.15) is 28.4 Å². The third kappa shape index (κ3) is 2.82. The molecule has 0 spiro atoms. The monoisotopic (exact) mass is 370 g/mol. The number of ether oxygens (including phenoxy) is 1. The molecule has 1 unspecified atom stereocenters. The summed E-state index contributed by atoms with van der Waals surface area (Å²) in [5.41, 5.74) is 2.94. The summed E-state index contributed by atoms with van der Waals surface area (Å²) in [4.78, 5) is 18.4. The Morgan fingerprint density at radius 1 is 1.04 bits per heavy atom. The van der Waals surface area contributed by atoms with E-state index in [1.807, 2.05) is 35.2 Å². The first-order valence-electron chi connectivity index (χ1n) is 9.66. The van der Waals surface area contributed by atoms with Crippen molar-refractivity contribution in [1.29, 1.82) is 0 Å². The number of amides is 1. The van der Waals surface area contributed by atoms with E-state index in [-0.39, 0.29) is 5.91 Å². The first-order valence-corrected chi connectivity index (χ1v) is 9.66. The zero-order valence-corrected chi connectivity index (χ0v) is 15.8. The number of carbonyl (C=O) groups excluding carboxylic acids is 1. The van der Waals surface area contributed by atoms with Crippen LogP contribution in [0.4, 0.5) is 0 Å². The molecule has 1 fully saturated rings. The Labute approximate surface area is 163 Å². The molecule has 28 heavy (non-hydrogen) atoms. The van der Waals surface area contributed by atoms with Crippen LogP contribution in [0.5, 0.6) is 5.75 Å². The normalized spacial score (nSPS) is 16.8. The molecule has 0 saturated carbocycles. The fourth-order valence-electron chi connectivity index (χ4n) is 4.26. The smallest absolute Gasteiger partial charge is 0.270 e. The number of hydrogen-bond acceptors (Lipinski definition) is 2. The van der Waals surface area contributed by atoms with Crippen molar-refractivity contribution in [3.8, 4) is 5.75 Å². The standard InChI is InChI=1S/C24H22N2O2/c1-28-19-9-6-16(7-10-19)18-12-13-26(15-18)24(27)23-14-21-20-5-3-2-4-17(20)8-11-22(21)25-23/h2-11,14,18,25H,12-13,15H2,1H3. The number of H-pyrrole nitrogens is 1. The molecule has 0 radical (unpaired) electrons.